The summed E-state index contributed by atoms with van der Waals surface area (Å²) >= 11 is 1.32. The number of benzene rings is 1. The third-order valence-corrected chi connectivity index (χ3v) is 7.49. The second-order valence-electron chi connectivity index (χ2n) is 6.46. The van der Waals surface area contributed by atoms with Crippen LogP contribution in [-0.4, -0.2) is 35.5 Å². The lowest BCUT2D eigenvalue weighted by Gasteiger charge is -2.26. The Bertz CT molecular complexity index is 922. The van der Waals surface area contributed by atoms with Gasteiger partial charge < -0.3 is 5.32 Å². The second-order valence-corrected chi connectivity index (χ2v) is 10.0. The molecule has 2 heterocycles. The predicted octanol–water partition coefficient (Wildman–Crippen LogP) is 3.19. The molecule has 1 aromatic carbocycles. The van der Waals surface area contributed by atoms with Crippen molar-refractivity contribution in [3.63, 3.8) is 0 Å². The normalized spacial score (nSPS) is 14.9. The number of fused-ring (bicyclic) bond motifs is 1. The van der Waals surface area contributed by atoms with Gasteiger partial charge in [0.2, 0.25) is 10.0 Å². The van der Waals surface area contributed by atoms with E-state index in [0.717, 1.165) is 21.8 Å². The molecular formula is C17H22N4O3S2. The number of aromatic nitrogens is 1. The van der Waals surface area contributed by atoms with Gasteiger partial charge in [-0.1, -0.05) is 29.5 Å². The molecule has 7 nitrogen and oxygen atoms in total. The zero-order valence-electron chi connectivity index (χ0n) is 14.9. The lowest BCUT2D eigenvalue weighted by atomic mass is 10.2. The zero-order valence-corrected chi connectivity index (χ0v) is 16.6. The topological polar surface area (TPSA) is 91.4 Å². The number of aryl methyl sites for hydroxylation is 1. The number of anilines is 2. The van der Waals surface area contributed by atoms with E-state index in [1.807, 2.05) is 31.2 Å². The minimum Gasteiger partial charge on any atom is -0.307 e. The van der Waals surface area contributed by atoms with Crippen LogP contribution in [-0.2, 0) is 23.0 Å². The van der Waals surface area contributed by atoms with E-state index in [0.29, 0.717) is 24.6 Å². The maximum absolute atomic E-state index is 12.3. The first kappa shape index (κ1) is 18.8. The van der Waals surface area contributed by atoms with Crippen LogP contribution in [0.3, 0.4) is 0 Å². The molecule has 9 heteroatoms. The molecule has 0 unspecified atom stereocenters. The summed E-state index contributed by atoms with van der Waals surface area (Å²) in [4.78, 5) is 17.5. The van der Waals surface area contributed by atoms with Gasteiger partial charge in [-0.25, -0.2) is 18.2 Å². The SMILES string of the molecule is Cc1ccccc1NC(=O)Nc1nc2c(s1)CN(S(=O)(=O)C(C)C)CC2. The average Bonchev–Trinajstić information content (AvgIpc) is 2.97. The molecule has 2 aromatic rings. The average molecular weight is 395 g/mol. The summed E-state index contributed by atoms with van der Waals surface area (Å²) in [7, 11) is -3.29. The van der Waals surface area contributed by atoms with Gasteiger partial charge in [0.1, 0.15) is 0 Å². The number of amides is 2. The Hall–Kier alpha value is -1.97. The number of hydrogen-bond acceptors (Lipinski definition) is 5. The summed E-state index contributed by atoms with van der Waals surface area (Å²) in [6, 6.07) is 7.15. The van der Waals surface area contributed by atoms with Crippen LogP contribution >= 0.6 is 11.3 Å². The third kappa shape index (κ3) is 3.89. The Balaban J connectivity index is 1.69. The number of carbonyl (C=O) groups is 1. The van der Waals surface area contributed by atoms with Crippen molar-refractivity contribution >= 4 is 38.2 Å². The van der Waals surface area contributed by atoms with Gasteiger partial charge in [0.15, 0.2) is 5.13 Å². The molecule has 0 fully saturated rings. The van der Waals surface area contributed by atoms with Crippen molar-refractivity contribution in [3.8, 4) is 0 Å². The van der Waals surface area contributed by atoms with Crippen molar-refractivity contribution in [1.82, 2.24) is 9.29 Å². The Morgan fingerprint density at radius 3 is 2.69 bits per heavy atom. The highest BCUT2D eigenvalue weighted by molar-refractivity contribution is 7.89. The molecule has 0 bridgehead atoms. The van der Waals surface area contributed by atoms with E-state index in [2.05, 4.69) is 15.6 Å². The number of para-hydroxylation sites is 1. The minimum atomic E-state index is -3.29. The fourth-order valence-electron chi connectivity index (χ4n) is 2.70. The van der Waals surface area contributed by atoms with E-state index < -0.39 is 15.3 Å². The van der Waals surface area contributed by atoms with Gasteiger partial charge in [0.25, 0.3) is 0 Å². The number of nitrogens with zero attached hydrogens (tertiary/aromatic N) is 2. The number of thiazole rings is 1. The first-order valence-corrected chi connectivity index (χ1v) is 10.7. The highest BCUT2D eigenvalue weighted by Crippen LogP contribution is 2.30. The number of carbonyl (C=O) groups excluding carboxylic acids is 1. The molecule has 0 radical (unpaired) electrons. The maximum atomic E-state index is 12.3. The zero-order chi connectivity index (χ0) is 18.9. The molecule has 3 rings (SSSR count). The summed E-state index contributed by atoms with van der Waals surface area (Å²) < 4.78 is 26.2. The smallest absolute Gasteiger partial charge is 0.307 e. The van der Waals surface area contributed by atoms with Gasteiger partial charge in [-0.05, 0) is 32.4 Å². The highest BCUT2D eigenvalue weighted by atomic mass is 32.2. The van der Waals surface area contributed by atoms with Crippen molar-refractivity contribution in [2.45, 2.75) is 39.0 Å². The number of urea groups is 1. The molecule has 0 spiro atoms. The molecule has 1 aliphatic rings. The Morgan fingerprint density at radius 2 is 2.00 bits per heavy atom. The monoisotopic (exact) mass is 394 g/mol. The van der Waals surface area contributed by atoms with E-state index in [-0.39, 0.29) is 6.03 Å². The molecule has 0 aliphatic carbocycles. The molecule has 0 saturated carbocycles. The van der Waals surface area contributed by atoms with E-state index >= 15 is 0 Å². The fraction of sp³-hybridized carbons (Fsp3) is 0.412. The summed E-state index contributed by atoms with van der Waals surface area (Å²) in [6.45, 7) is 6.02. The molecule has 1 aliphatic heterocycles. The molecule has 2 amide bonds. The highest BCUT2D eigenvalue weighted by Gasteiger charge is 2.31. The molecular weight excluding hydrogens is 372 g/mol. The fourth-order valence-corrected chi connectivity index (χ4v) is 5.06. The second kappa shape index (κ2) is 7.34. The van der Waals surface area contributed by atoms with Crippen molar-refractivity contribution in [1.29, 1.82) is 0 Å². The van der Waals surface area contributed by atoms with Gasteiger partial charge in [-0.15, -0.1) is 0 Å². The lowest BCUT2D eigenvalue weighted by molar-refractivity contribution is 0.262. The quantitative estimate of drug-likeness (QED) is 0.833. The Morgan fingerprint density at radius 1 is 1.27 bits per heavy atom. The third-order valence-electron chi connectivity index (χ3n) is 4.27. The summed E-state index contributed by atoms with van der Waals surface area (Å²) in [6.07, 6.45) is 0.554. The largest absolute Gasteiger partial charge is 0.325 e. The van der Waals surface area contributed by atoms with Crippen LogP contribution in [0, 0.1) is 6.92 Å². The first-order valence-electron chi connectivity index (χ1n) is 8.38. The summed E-state index contributed by atoms with van der Waals surface area (Å²) in [5.74, 6) is 0. The van der Waals surface area contributed by atoms with Crippen LogP contribution in [0.1, 0.15) is 30.0 Å². The predicted molar refractivity (Wildman–Crippen MR) is 104 cm³/mol. The molecule has 140 valence electrons. The van der Waals surface area contributed by atoms with E-state index in [1.165, 1.54) is 15.6 Å². The Labute approximate surface area is 157 Å². The van der Waals surface area contributed by atoms with Gasteiger partial charge in [-0.2, -0.15) is 4.31 Å². The van der Waals surface area contributed by atoms with E-state index in [9.17, 15) is 13.2 Å². The maximum Gasteiger partial charge on any atom is 0.325 e. The molecule has 2 N–H and O–H groups in total. The van der Waals surface area contributed by atoms with E-state index in [1.54, 1.807) is 13.8 Å². The van der Waals surface area contributed by atoms with Gasteiger partial charge in [0.05, 0.1) is 10.9 Å². The summed E-state index contributed by atoms with van der Waals surface area (Å²) in [5.41, 5.74) is 2.56. The van der Waals surface area contributed by atoms with Crippen molar-refractivity contribution in [3.05, 3.63) is 40.4 Å². The van der Waals surface area contributed by atoms with Gasteiger partial charge in [0, 0.05) is 30.1 Å². The van der Waals surface area contributed by atoms with Crippen molar-refractivity contribution < 1.29 is 13.2 Å². The number of nitrogens with one attached hydrogen (secondary N) is 2. The molecule has 0 saturated heterocycles. The Kier molecular flexibility index (Phi) is 5.31. The van der Waals surface area contributed by atoms with Gasteiger partial charge >= 0.3 is 6.03 Å². The number of rotatable bonds is 4. The van der Waals surface area contributed by atoms with Crippen LogP contribution in [0.25, 0.3) is 0 Å². The van der Waals surface area contributed by atoms with Crippen LogP contribution in [0.2, 0.25) is 0 Å². The standard InChI is InChI=1S/C17H22N4O3S2/c1-11(2)26(23,24)21-9-8-14-15(10-21)25-17(19-14)20-16(22)18-13-7-5-4-6-12(13)3/h4-7,11H,8-10H2,1-3H3,(H2,18,19,20,22). The summed E-state index contributed by atoms with van der Waals surface area (Å²) in [5, 5.41) is 5.57. The molecule has 26 heavy (non-hydrogen) atoms. The molecule has 0 atom stereocenters. The van der Waals surface area contributed by atoms with Crippen LogP contribution in [0.4, 0.5) is 15.6 Å². The lowest BCUT2D eigenvalue weighted by Crippen LogP contribution is -2.39. The van der Waals surface area contributed by atoms with Crippen LogP contribution in [0.15, 0.2) is 24.3 Å². The van der Waals surface area contributed by atoms with Crippen LogP contribution in [0.5, 0.6) is 0 Å². The van der Waals surface area contributed by atoms with Crippen molar-refractivity contribution in [2.24, 2.45) is 0 Å². The van der Waals surface area contributed by atoms with Crippen molar-refractivity contribution in [2.75, 3.05) is 17.2 Å². The minimum absolute atomic E-state index is 0.314. The number of sulfonamides is 1. The van der Waals surface area contributed by atoms with E-state index in [4.69, 9.17) is 0 Å². The first-order chi connectivity index (χ1) is 12.3. The van der Waals surface area contributed by atoms with Gasteiger partial charge in [-0.3, -0.25) is 5.32 Å². The van der Waals surface area contributed by atoms with Crippen LogP contribution < -0.4 is 10.6 Å². The number of hydrogen-bond donors (Lipinski definition) is 2. The molecule has 1 aromatic heterocycles.